The first-order chi connectivity index (χ1) is 19.5. The molecule has 5 heteroatoms. The number of hydrogen-bond acceptors (Lipinski definition) is 4. The number of furan rings is 1. The largest absolute Gasteiger partial charge is 0.468 e. The second-order valence-corrected chi connectivity index (χ2v) is 9.39. The van der Waals surface area contributed by atoms with Gasteiger partial charge in [-0.15, -0.1) is 0 Å². The van der Waals surface area contributed by atoms with Gasteiger partial charge in [-0.05, 0) is 66.3 Å². The highest BCUT2D eigenvalue weighted by Crippen LogP contribution is 2.46. The summed E-state index contributed by atoms with van der Waals surface area (Å²) in [6.45, 7) is -2.63. The number of para-hydroxylation sites is 3. The molecule has 37 heavy (non-hydrogen) atoms. The molecule has 0 unspecified atom stereocenters. The van der Waals surface area contributed by atoms with Crippen LogP contribution in [0, 0.1) is 6.85 Å². The summed E-state index contributed by atoms with van der Waals surface area (Å²) in [7, 11) is 0. The van der Waals surface area contributed by atoms with E-state index in [1.165, 1.54) is 6.20 Å². The smallest absolute Gasteiger partial charge is 0.297 e. The maximum atomic E-state index is 8.31. The molecule has 2 aromatic heterocycles. The third kappa shape index (κ3) is 2.77. The van der Waals surface area contributed by atoms with Gasteiger partial charge in [0.15, 0.2) is 0 Å². The van der Waals surface area contributed by atoms with E-state index in [2.05, 4.69) is 81.5 Å². The highest BCUT2D eigenvalue weighted by atomic mass is 16.3. The topological polar surface area (TPSA) is 32.5 Å². The fourth-order valence-corrected chi connectivity index (χ4v) is 6.01. The molecule has 4 nitrogen and oxygen atoms in total. The van der Waals surface area contributed by atoms with Crippen LogP contribution >= 0.6 is 0 Å². The van der Waals surface area contributed by atoms with E-state index in [1.54, 1.807) is 6.07 Å². The van der Waals surface area contributed by atoms with Gasteiger partial charge < -0.3 is 14.2 Å². The van der Waals surface area contributed by atoms with Crippen LogP contribution in [0.2, 0.25) is 0 Å². The molecular formula is C32H22BN3O. The van der Waals surface area contributed by atoms with Gasteiger partial charge in [0.25, 0.3) is 6.71 Å². The Labute approximate surface area is 219 Å². The molecule has 0 spiro atoms. The molecule has 0 atom stereocenters. The standard InChI is InChI=1S/C32H22BN3O/c1-21-29-28(19-20-34-21)37-32-31(29)36(23-13-6-3-7-14-23)27-18-10-17-26-30(27)33(32)24-15-8-9-16-25(24)35(26)22-11-4-2-5-12-22/h2-20H,1H3/i1D3. The monoisotopic (exact) mass is 478 g/mol. The molecule has 0 saturated carbocycles. The van der Waals surface area contributed by atoms with Crippen LogP contribution < -0.4 is 26.4 Å². The molecule has 174 valence electrons. The second kappa shape index (κ2) is 7.61. The number of rotatable bonds is 2. The quantitative estimate of drug-likeness (QED) is 0.276. The molecule has 0 fully saturated rings. The first-order valence-corrected chi connectivity index (χ1v) is 12.4. The van der Waals surface area contributed by atoms with E-state index >= 15 is 0 Å². The predicted molar refractivity (Wildman–Crippen MR) is 153 cm³/mol. The van der Waals surface area contributed by atoms with E-state index in [0.717, 1.165) is 50.7 Å². The third-order valence-corrected chi connectivity index (χ3v) is 7.44. The van der Waals surface area contributed by atoms with Crippen LogP contribution in [-0.4, -0.2) is 11.7 Å². The van der Waals surface area contributed by atoms with Crippen LogP contribution in [0.15, 0.2) is 120 Å². The van der Waals surface area contributed by atoms with Gasteiger partial charge in [-0.3, -0.25) is 4.98 Å². The molecule has 0 bridgehead atoms. The number of fused-ring (bicyclic) bond motifs is 6. The van der Waals surface area contributed by atoms with Crippen molar-refractivity contribution >= 4 is 68.4 Å². The van der Waals surface area contributed by atoms with Gasteiger partial charge in [-0.1, -0.05) is 60.7 Å². The summed E-state index contributed by atoms with van der Waals surface area (Å²) >= 11 is 0. The molecule has 0 N–H and O–H groups in total. The Morgan fingerprint density at radius 2 is 1.35 bits per heavy atom. The van der Waals surface area contributed by atoms with Crippen LogP contribution in [0.25, 0.3) is 11.0 Å². The lowest BCUT2D eigenvalue weighted by molar-refractivity contribution is 0.650. The number of pyridine rings is 1. The summed E-state index contributed by atoms with van der Waals surface area (Å²) in [6.07, 6.45) is 1.52. The van der Waals surface area contributed by atoms with Crippen molar-refractivity contribution in [2.24, 2.45) is 0 Å². The molecule has 8 rings (SSSR count). The van der Waals surface area contributed by atoms with Gasteiger partial charge in [-0.25, -0.2) is 0 Å². The summed E-state index contributed by atoms with van der Waals surface area (Å²) in [6, 6.07) is 36.9. The zero-order chi connectivity index (χ0) is 27.0. The number of aromatic nitrogens is 1. The summed E-state index contributed by atoms with van der Waals surface area (Å²) in [5.74, 6) is 0. The van der Waals surface area contributed by atoms with Crippen molar-refractivity contribution in [2.75, 3.05) is 9.80 Å². The van der Waals surface area contributed by atoms with E-state index in [9.17, 15) is 0 Å². The predicted octanol–water partition coefficient (Wildman–Crippen LogP) is 6.22. The molecule has 0 aliphatic carbocycles. The van der Waals surface area contributed by atoms with Crippen molar-refractivity contribution in [1.29, 1.82) is 0 Å². The Hall–Kier alpha value is -4.77. The minimum Gasteiger partial charge on any atom is -0.468 e. The Bertz CT molecular complexity index is 1920. The Morgan fingerprint density at radius 1 is 0.703 bits per heavy atom. The summed E-state index contributed by atoms with van der Waals surface area (Å²) in [4.78, 5) is 8.81. The summed E-state index contributed by atoms with van der Waals surface area (Å²) in [5, 5.41) is 0.528. The van der Waals surface area contributed by atoms with Crippen molar-refractivity contribution < 1.29 is 8.53 Å². The minimum atomic E-state index is -2.41. The fourth-order valence-electron chi connectivity index (χ4n) is 6.01. The molecule has 0 radical (unpaired) electrons. The number of hydrogen-bond donors (Lipinski definition) is 0. The molecule has 2 aliphatic rings. The first kappa shape index (κ1) is 17.6. The van der Waals surface area contributed by atoms with Crippen LogP contribution in [0.1, 0.15) is 9.81 Å². The van der Waals surface area contributed by atoms with Crippen molar-refractivity contribution in [2.45, 2.75) is 6.85 Å². The van der Waals surface area contributed by atoms with Gasteiger partial charge in [0.2, 0.25) is 0 Å². The lowest BCUT2D eigenvalue weighted by atomic mass is 9.35. The Morgan fingerprint density at radius 3 is 2.11 bits per heavy atom. The molecule has 4 heterocycles. The molecule has 4 aromatic carbocycles. The van der Waals surface area contributed by atoms with E-state index in [1.807, 2.05) is 36.4 Å². The van der Waals surface area contributed by atoms with Crippen LogP contribution in [0.5, 0.6) is 0 Å². The van der Waals surface area contributed by atoms with Crippen molar-refractivity contribution in [3.8, 4) is 0 Å². The zero-order valence-electron chi connectivity index (χ0n) is 22.8. The highest BCUT2D eigenvalue weighted by Gasteiger charge is 2.46. The number of aryl methyl sites for hydroxylation is 1. The lowest BCUT2D eigenvalue weighted by Gasteiger charge is -2.42. The first-order valence-electron chi connectivity index (χ1n) is 13.9. The average Bonchev–Trinajstić information content (AvgIpc) is 3.37. The summed E-state index contributed by atoms with van der Waals surface area (Å²) < 4.78 is 31.6. The van der Waals surface area contributed by atoms with Crippen molar-refractivity contribution in [3.05, 3.63) is 121 Å². The average molecular weight is 478 g/mol. The molecule has 0 saturated heterocycles. The van der Waals surface area contributed by atoms with Crippen molar-refractivity contribution in [1.82, 2.24) is 4.98 Å². The Balaban J connectivity index is 1.52. The molecule has 0 amide bonds. The van der Waals surface area contributed by atoms with Crippen LogP contribution in [0.4, 0.5) is 34.1 Å². The Kier molecular flexibility index (Phi) is 3.63. The van der Waals surface area contributed by atoms with Gasteiger partial charge in [-0.2, -0.15) is 0 Å². The van der Waals surface area contributed by atoms with Crippen molar-refractivity contribution in [3.63, 3.8) is 0 Å². The lowest BCUT2D eigenvalue weighted by Crippen LogP contribution is -2.60. The molecule has 2 aliphatic heterocycles. The normalized spacial score (nSPS) is 14.9. The SMILES string of the molecule is [2H]C([2H])([2H])c1nccc2oc3c(c12)N(c1ccccc1)c1cccc2c1B3c1ccccc1N2c1ccccc1. The molecule has 6 aromatic rings. The van der Waals surface area contributed by atoms with Gasteiger partial charge in [0.05, 0.1) is 22.4 Å². The van der Waals surface area contributed by atoms with E-state index in [-0.39, 0.29) is 12.4 Å². The molecular weight excluding hydrogens is 453 g/mol. The zero-order valence-corrected chi connectivity index (χ0v) is 19.8. The van der Waals surface area contributed by atoms with Crippen LogP contribution in [-0.2, 0) is 0 Å². The van der Waals surface area contributed by atoms with E-state index in [0.29, 0.717) is 11.0 Å². The maximum absolute atomic E-state index is 8.31. The highest BCUT2D eigenvalue weighted by molar-refractivity contribution is 6.99. The van der Waals surface area contributed by atoms with Gasteiger partial charge >= 0.3 is 0 Å². The van der Waals surface area contributed by atoms with E-state index in [4.69, 9.17) is 8.53 Å². The number of benzene rings is 4. The van der Waals surface area contributed by atoms with E-state index < -0.39 is 6.85 Å². The second-order valence-electron chi connectivity index (χ2n) is 9.39. The fraction of sp³-hybridized carbons (Fsp3) is 0.0312. The maximum Gasteiger partial charge on any atom is 0.297 e. The van der Waals surface area contributed by atoms with Gasteiger partial charge in [0, 0.05) is 38.7 Å². The number of anilines is 6. The van der Waals surface area contributed by atoms with Crippen LogP contribution in [0.3, 0.4) is 0 Å². The summed E-state index contributed by atoms with van der Waals surface area (Å²) in [5.41, 5.74) is 9.34. The van der Waals surface area contributed by atoms with Gasteiger partial charge in [0.1, 0.15) is 5.58 Å². The minimum absolute atomic E-state index is 0.0468. The third-order valence-electron chi connectivity index (χ3n) is 7.44. The number of nitrogens with zero attached hydrogens (tertiary/aromatic N) is 3.